The van der Waals surface area contributed by atoms with Crippen LogP contribution in [0.15, 0.2) is 47.5 Å². The first kappa shape index (κ1) is 28.1. The van der Waals surface area contributed by atoms with Gasteiger partial charge in [0.2, 0.25) is 26.7 Å². The molecule has 2 aliphatic rings. The number of sulfonamides is 1. The Kier molecular flexibility index (Phi) is 8.63. The van der Waals surface area contributed by atoms with Gasteiger partial charge in [-0.3, -0.25) is 10.1 Å². The van der Waals surface area contributed by atoms with Crippen LogP contribution in [0.4, 0.5) is 5.13 Å². The van der Waals surface area contributed by atoms with E-state index < -0.39 is 26.7 Å². The summed E-state index contributed by atoms with van der Waals surface area (Å²) in [6.07, 6.45) is 6.97. The number of likely N-dealkylation sites (tertiary alicyclic amines) is 1. The molecule has 3 heterocycles. The molecule has 1 amide bonds. The summed E-state index contributed by atoms with van der Waals surface area (Å²) in [7, 11) is -2.89. The van der Waals surface area contributed by atoms with Crippen LogP contribution >= 0.6 is 10.8 Å². The smallest absolute Gasteiger partial charge is 0.300 e. The topological polar surface area (TPSA) is 114 Å². The zero-order valence-corrected chi connectivity index (χ0v) is 24.4. The van der Waals surface area contributed by atoms with Crippen molar-refractivity contribution in [1.82, 2.24) is 19.6 Å². The Labute approximate surface area is 233 Å². The summed E-state index contributed by atoms with van der Waals surface area (Å²) in [6.45, 7) is 6.55. The molecule has 1 aliphatic heterocycles. The molecule has 2 N–H and O–H groups in total. The number of amides is 1. The summed E-state index contributed by atoms with van der Waals surface area (Å²) in [5, 5.41) is 3.49. The fourth-order valence-electron chi connectivity index (χ4n) is 5.60. The largest absolute Gasteiger partial charge is 0.385 e. The van der Waals surface area contributed by atoms with E-state index in [1.165, 1.54) is 12.8 Å². The molecular formula is C28H38N5O4S2+. The van der Waals surface area contributed by atoms with E-state index in [4.69, 9.17) is 4.18 Å². The summed E-state index contributed by atoms with van der Waals surface area (Å²) in [5.41, 5.74) is 1.50. The van der Waals surface area contributed by atoms with Gasteiger partial charge in [-0.2, -0.15) is 4.98 Å². The number of pyridine rings is 1. The molecule has 5 rings (SSSR count). The molecule has 3 aromatic rings. The van der Waals surface area contributed by atoms with Crippen molar-refractivity contribution in [2.75, 3.05) is 32.1 Å². The molecule has 1 aliphatic carbocycles. The van der Waals surface area contributed by atoms with Crippen LogP contribution in [0.5, 0.6) is 0 Å². The molecule has 0 bridgehead atoms. The van der Waals surface area contributed by atoms with Gasteiger partial charge in [-0.05, 0) is 61.9 Å². The number of hydrogen-bond acceptors (Lipinski definition) is 7. The van der Waals surface area contributed by atoms with Crippen molar-refractivity contribution >= 4 is 42.2 Å². The van der Waals surface area contributed by atoms with Crippen LogP contribution in [-0.4, -0.2) is 62.0 Å². The normalized spacial score (nSPS) is 18.5. The van der Waals surface area contributed by atoms with E-state index in [9.17, 15) is 13.2 Å². The fraction of sp³-hybridized carbons (Fsp3) is 0.536. The summed E-state index contributed by atoms with van der Waals surface area (Å²) >= 11 is 0. The summed E-state index contributed by atoms with van der Waals surface area (Å²) in [5.74, 6) is 0.217. The maximum atomic E-state index is 13.7. The number of nitrogens with zero attached hydrogens (tertiary/aromatic N) is 3. The van der Waals surface area contributed by atoms with E-state index >= 15 is 0 Å². The number of carbonyl (C=O) groups excluding carboxylic acids is 1. The minimum absolute atomic E-state index is 0.156. The third-order valence-electron chi connectivity index (χ3n) is 7.95. The van der Waals surface area contributed by atoms with Crippen LogP contribution < -0.4 is 14.2 Å². The highest BCUT2D eigenvalue weighted by atomic mass is 32.2. The van der Waals surface area contributed by atoms with Crippen molar-refractivity contribution in [1.29, 1.82) is 0 Å². The first-order chi connectivity index (χ1) is 18.7. The van der Waals surface area contributed by atoms with Gasteiger partial charge in [0.05, 0.1) is 17.9 Å². The number of anilines is 1. The lowest BCUT2D eigenvalue weighted by molar-refractivity contribution is -0.118. The van der Waals surface area contributed by atoms with Gasteiger partial charge in [0, 0.05) is 31.9 Å². The number of aromatic nitrogens is 2. The predicted octanol–water partition coefficient (Wildman–Crippen LogP) is 4.36. The second-order valence-corrected chi connectivity index (χ2v) is 14.4. The maximum Gasteiger partial charge on any atom is 0.385 e. The van der Waals surface area contributed by atoms with Crippen LogP contribution in [0.2, 0.25) is 0 Å². The Morgan fingerprint density at radius 3 is 2.51 bits per heavy atom. The van der Waals surface area contributed by atoms with E-state index in [0.717, 1.165) is 31.5 Å². The van der Waals surface area contributed by atoms with Gasteiger partial charge in [-0.15, -0.1) is 4.18 Å². The Hall–Kier alpha value is -2.44. The van der Waals surface area contributed by atoms with Crippen molar-refractivity contribution in [3.8, 4) is 0 Å². The third kappa shape index (κ3) is 6.33. The van der Waals surface area contributed by atoms with E-state index in [0.29, 0.717) is 46.3 Å². The number of benzene rings is 1. The van der Waals surface area contributed by atoms with Crippen molar-refractivity contribution in [2.45, 2.75) is 62.8 Å². The lowest BCUT2D eigenvalue weighted by Gasteiger charge is -2.42. The van der Waals surface area contributed by atoms with Gasteiger partial charge in [-0.1, -0.05) is 37.8 Å². The minimum Gasteiger partial charge on any atom is -0.300 e. The number of nitrogens with one attached hydrogen (secondary N) is 2. The average Bonchev–Trinajstić information content (AvgIpc) is 3.53. The molecule has 2 unspecified atom stereocenters. The number of hydrogen-bond donors (Lipinski definition) is 2. The van der Waals surface area contributed by atoms with Crippen LogP contribution in [-0.2, 0) is 14.8 Å². The van der Waals surface area contributed by atoms with Gasteiger partial charge in [0.1, 0.15) is 0 Å². The quantitative estimate of drug-likeness (QED) is 0.328. The Balaban J connectivity index is 1.31. The van der Waals surface area contributed by atoms with E-state index in [-0.39, 0.29) is 10.8 Å². The van der Waals surface area contributed by atoms with Gasteiger partial charge in [-0.25, -0.2) is 18.1 Å². The zero-order valence-electron chi connectivity index (χ0n) is 22.8. The average molecular weight is 573 g/mol. The molecule has 1 aromatic carbocycles. The molecule has 39 heavy (non-hydrogen) atoms. The number of fused-ring (bicyclic) bond motifs is 1. The molecule has 0 spiro atoms. The Morgan fingerprint density at radius 1 is 1.13 bits per heavy atom. The second-order valence-electron chi connectivity index (χ2n) is 10.9. The number of thiazole rings is 1. The molecule has 2 aromatic heterocycles. The van der Waals surface area contributed by atoms with Gasteiger partial charge in [0.25, 0.3) is 0 Å². The monoisotopic (exact) mass is 572 g/mol. The first-order valence-corrected chi connectivity index (χ1v) is 16.4. The molecule has 0 radical (unpaired) electrons. The standard InChI is InChI=1S/C28H37N5O4S2/c1-19(2)33-17-21(18-33)16-30-39(35,36)23-12-10-22(11-13-23)24(15-20-7-4-5-8-20)26(34)32-28-31-25-9-6-14-29-27(25)38(28)37-3/h6,9-14,19-21,24,30H,4-5,7-8,15-18H2,1-3H3/p+1. The van der Waals surface area contributed by atoms with Gasteiger partial charge < -0.3 is 4.90 Å². The van der Waals surface area contributed by atoms with Crippen LogP contribution in [0.1, 0.15) is 57.4 Å². The lowest BCUT2D eigenvalue weighted by atomic mass is 9.87. The molecular weight excluding hydrogens is 534 g/mol. The van der Waals surface area contributed by atoms with Crippen molar-refractivity contribution < 1.29 is 17.4 Å². The number of carbonyl (C=O) groups is 1. The predicted molar refractivity (Wildman–Crippen MR) is 154 cm³/mol. The molecule has 11 heteroatoms. The molecule has 2 fully saturated rings. The van der Waals surface area contributed by atoms with E-state index in [1.54, 1.807) is 37.6 Å². The van der Waals surface area contributed by atoms with Gasteiger partial charge >= 0.3 is 9.96 Å². The minimum atomic E-state index is -3.62. The van der Waals surface area contributed by atoms with Crippen molar-refractivity contribution in [3.63, 3.8) is 0 Å². The fourth-order valence-corrected chi connectivity index (χ4v) is 8.05. The van der Waals surface area contributed by atoms with Crippen molar-refractivity contribution in [2.24, 2.45) is 11.8 Å². The second kappa shape index (κ2) is 12.0. The maximum absolute atomic E-state index is 13.7. The van der Waals surface area contributed by atoms with Crippen LogP contribution in [0.25, 0.3) is 10.3 Å². The third-order valence-corrected chi connectivity index (χ3v) is 10.9. The summed E-state index contributed by atoms with van der Waals surface area (Å²) in [4.78, 5) is 25.9. The Morgan fingerprint density at radius 2 is 1.85 bits per heavy atom. The molecule has 210 valence electrons. The zero-order chi connectivity index (χ0) is 27.6. The highest BCUT2D eigenvalue weighted by Crippen LogP contribution is 2.38. The molecule has 9 nitrogen and oxygen atoms in total. The van der Waals surface area contributed by atoms with Crippen molar-refractivity contribution in [3.05, 3.63) is 48.2 Å². The highest BCUT2D eigenvalue weighted by Gasteiger charge is 2.33. The highest BCUT2D eigenvalue weighted by molar-refractivity contribution is 7.89. The summed E-state index contributed by atoms with van der Waals surface area (Å²) < 4.78 is 34.3. The SMILES string of the molecule is CO[s+]1c(NC(=O)C(CC2CCCC2)c2ccc(S(=O)(=O)NCC3CN(C(C)C)C3)cc2)nc2cccnc21. The van der Waals surface area contributed by atoms with Crippen LogP contribution in [0.3, 0.4) is 0 Å². The van der Waals surface area contributed by atoms with E-state index in [1.807, 2.05) is 12.1 Å². The lowest BCUT2D eigenvalue weighted by Crippen LogP contribution is -2.53. The molecule has 1 saturated carbocycles. The van der Waals surface area contributed by atoms with Crippen LogP contribution in [0, 0.1) is 11.8 Å². The summed E-state index contributed by atoms with van der Waals surface area (Å²) in [6, 6.07) is 10.9. The van der Waals surface area contributed by atoms with E-state index in [2.05, 4.69) is 38.8 Å². The van der Waals surface area contributed by atoms with Gasteiger partial charge in [0.15, 0.2) is 5.52 Å². The first-order valence-electron chi connectivity index (χ1n) is 13.7. The molecule has 2 atom stereocenters. The molecule has 1 saturated heterocycles. The number of rotatable bonds is 11. The Bertz CT molecular complexity index is 1400.